The molecule has 0 unspecified atom stereocenters. The van der Waals surface area contributed by atoms with Crippen molar-refractivity contribution in [2.24, 2.45) is 0 Å². The minimum absolute atomic E-state index is 0.0562. The topological polar surface area (TPSA) is 40.5 Å². The van der Waals surface area contributed by atoms with Crippen molar-refractivity contribution in [3.63, 3.8) is 0 Å². The molecule has 0 aliphatic heterocycles. The second kappa shape index (κ2) is 4.25. The van der Waals surface area contributed by atoms with Crippen molar-refractivity contribution in [1.29, 1.82) is 0 Å². The van der Waals surface area contributed by atoms with Gasteiger partial charge in [0, 0.05) is 20.5 Å². The molecule has 17 heavy (non-hydrogen) atoms. The molecule has 1 heterocycles. The quantitative estimate of drug-likeness (QED) is 0.498. The van der Waals surface area contributed by atoms with E-state index in [-0.39, 0.29) is 9.75 Å². The standard InChI is InChI=1S/C10H6F4O2S/c11-7-5-3(1-15)17-4(2-16)6(5)8(12)10(14)9(7)13/h15-16H,1-2H2. The number of halogens is 4. The molecule has 1 aromatic heterocycles. The van der Waals surface area contributed by atoms with Crippen LogP contribution >= 0.6 is 11.3 Å². The molecule has 2 N–H and O–H groups in total. The Hall–Kier alpha value is -1.18. The van der Waals surface area contributed by atoms with E-state index >= 15 is 0 Å². The number of hydrogen-bond donors (Lipinski definition) is 2. The summed E-state index contributed by atoms with van der Waals surface area (Å²) < 4.78 is 53.0. The minimum atomic E-state index is -1.92. The van der Waals surface area contributed by atoms with E-state index in [1.807, 2.05) is 0 Å². The summed E-state index contributed by atoms with van der Waals surface area (Å²) in [6.45, 7) is -1.30. The summed E-state index contributed by atoms with van der Waals surface area (Å²) in [5.74, 6) is -6.96. The maximum atomic E-state index is 13.5. The molecule has 0 bridgehead atoms. The van der Waals surface area contributed by atoms with Crippen LogP contribution in [0, 0.1) is 23.3 Å². The first-order chi connectivity index (χ1) is 8.02. The molecule has 0 atom stereocenters. The summed E-state index contributed by atoms with van der Waals surface area (Å²) in [5, 5.41) is 16.9. The van der Waals surface area contributed by atoms with Gasteiger partial charge in [0.2, 0.25) is 0 Å². The zero-order valence-electron chi connectivity index (χ0n) is 8.23. The highest BCUT2D eigenvalue weighted by molar-refractivity contribution is 7.13. The van der Waals surface area contributed by atoms with E-state index in [0.717, 1.165) is 0 Å². The SMILES string of the molecule is OCc1sc(CO)c2c(F)c(F)c(F)c(F)c12. The molecule has 7 heteroatoms. The normalized spacial score (nSPS) is 11.4. The van der Waals surface area contributed by atoms with Crippen LogP contribution in [-0.4, -0.2) is 10.2 Å². The van der Waals surface area contributed by atoms with Gasteiger partial charge in [-0.1, -0.05) is 0 Å². The van der Waals surface area contributed by atoms with Crippen LogP contribution in [0.15, 0.2) is 0 Å². The lowest BCUT2D eigenvalue weighted by molar-refractivity contribution is 0.285. The molecule has 2 rings (SSSR count). The lowest BCUT2D eigenvalue weighted by Gasteiger charge is -2.02. The largest absolute Gasteiger partial charge is 0.391 e. The Morgan fingerprint density at radius 2 is 1.06 bits per heavy atom. The van der Waals surface area contributed by atoms with E-state index in [0.29, 0.717) is 11.3 Å². The third-order valence-electron chi connectivity index (χ3n) is 2.36. The van der Waals surface area contributed by atoms with Crippen LogP contribution in [0.5, 0.6) is 0 Å². The van der Waals surface area contributed by atoms with Crippen molar-refractivity contribution in [2.45, 2.75) is 13.2 Å². The van der Waals surface area contributed by atoms with Gasteiger partial charge in [0.1, 0.15) is 0 Å². The average molecular weight is 266 g/mol. The molecule has 0 saturated heterocycles. The molecular formula is C10H6F4O2S. The molecule has 0 aliphatic carbocycles. The first kappa shape index (κ1) is 12.3. The van der Waals surface area contributed by atoms with Gasteiger partial charge in [-0.25, -0.2) is 17.6 Å². The third-order valence-corrected chi connectivity index (χ3v) is 3.52. The lowest BCUT2D eigenvalue weighted by Crippen LogP contribution is -1.98. The second-order valence-corrected chi connectivity index (χ2v) is 4.46. The smallest absolute Gasteiger partial charge is 0.198 e. The monoisotopic (exact) mass is 266 g/mol. The molecule has 0 radical (unpaired) electrons. The van der Waals surface area contributed by atoms with Gasteiger partial charge in [-0.05, 0) is 0 Å². The Balaban J connectivity index is 3.01. The Morgan fingerprint density at radius 3 is 1.35 bits per heavy atom. The lowest BCUT2D eigenvalue weighted by atomic mass is 10.1. The zero-order valence-corrected chi connectivity index (χ0v) is 9.05. The number of hydrogen-bond acceptors (Lipinski definition) is 3. The van der Waals surface area contributed by atoms with Crippen LogP contribution in [0.4, 0.5) is 17.6 Å². The van der Waals surface area contributed by atoms with E-state index in [1.165, 1.54) is 0 Å². The van der Waals surface area contributed by atoms with Gasteiger partial charge in [-0.2, -0.15) is 0 Å². The van der Waals surface area contributed by atoms with E-state index < -0.39 is 47.3 Å². The first-order valence-corrected chi connectivity index (χ1v) is 5.32. The molecule has 0 spiro atoms. The van der Waals surface area contributed by atoms with Gasteiger partial charge in [0.15, 0.2) is 23.3 Å². The van der Waals surface area contributed by atoms with Crippen molar-refractivity contribution < 1.29 is 27.8 Å². The maximum absolute atomic E-state index is 13.5. The van der Waals surface area contributed by atoms with Crippen LogP contribution in [-0.2, 0) is 13.2 Å². The molecule has 0 aliphatic rings. The summed E-state index contributed by atoms with van der Waals surface area (Å²) in [5.41, 5.74) is 0. The highest BCUT2D eigenvalue weighted by Crippen LogP contribution is 2.37. The Bertz CT molecular complexity index is 544. The van der Waals surface area contributed by atoms with Crippen molar-refractivity contribution in [1.82, 2.24) is 0 Å². The summed E-state index contributed by atoms with van der Waals surface area (Å²) in [4.78, 5) is -0.112. The highest BCUT2D eigenvalue weighted by atomic mass is 32.1. The fraction of sp³-hybridized carbons (Fsp3) is 0.200. The van der Waals surface area contributed by atoms with Crippen LogP contribution in [0.3, 0.4) is 0 Å². The van der Waals surface area contributed by atoms with Crippen molar-refractivity contribution in [3.05, 3.63) is 33.0 Å². The molecule has 0 saturated carbocycles. The third kappa shape index (κ3) is 1.62. The fourth-order valence-corrected chi connectivity index (χ4v) is 2.64. The number of benzene rings is 1. The summed E-state index contributed by atoms with van der Waals surface area (Å²) in [7, 11) is 0. The summed E-state index contributed by atoms with van der Waals surface area (Å²) in [6, 6.07) is 0. The number of fused-ring (bicyclic) bond motifs is 1. The molecule has 2 aromatic rings. The zero-order chi connectivity index (χ0) is 12.7. The number of rotatable bonds is 2. The van der Waals surface area contributed by atoms with Gasteiger partial charge in [-0.15, -0.1) is 11.3 Å². The number of aliphatic hydroxyl groups excluding tert-OH is 2. The fourth-order valence-electron chi connectivity index (χ4n) is 1.63. The van der Waals surface area contributed by atoms with E-state index in [2.05, 4.69) is 0 Å². The van der Waals surface area contributed by atoms with Gasteiger partial charge in [0.25, 0.3) is 0 Å². The number of aliphatic hydroxyl groups is 2. The van der Waals surface area contributed by atoms with Crippen molar-refractivity contribution in [3.8, 4) is 0 Å². The molecule has 92 valence electrons. The molecule has 2 nitrogen and oxygen atoms in total. The van der Waals surface area contributed by atoms with Gasteiger partial charge in [0.05, 0.1) is 13.2 Å². The molecule has 0 fully saturated rings. The summed E-state index contributed by atoms with van der Waals surface area (Å²) in [6.07, 6.45) is 0. The van der Waals surface area contributed by atoms with Gasteiger partial charge in [-0.3, -0.25) is 0 Å². The van der Waals surface area contributed by atoms with Crippen LogP contribution < -0.4 is 0 Å². The Morgan fingerprint density at radius 1 is 0.706 bits per heavy atom. The second-order valence-electron chi connectivity index (χ2n) is 3.27. The van der Waals surface area contributed by atoms with E-state index in [9.17, 15) is 17.6 Å². The van der Waals surface area contributed by atoms with E-state index in [1.54, 1.807) is 0 Å². The van der Waals surface area contributed by atoms with Gasteiger partial charge < -0.3 is 10.2 Å². The van der Waals surface area contributed by atoms with Gasteiger partial charge >= 0.3 is 0 Å². The molecule has 1 aromatic carbocycles. The minimum Gasteiger partial charge on any atom is -0.391 e. The van der Waals surface area contributed by atoms with Crippen molar-refractivity contribution >= 4 is 22.1 Å². The average Bonchev–Trinajstić information content (AvgIpc) is 2.72. The molecular weight excluding hydrogens is 260 g/mol. The first-order valence-electron chi connectivity index (χ1n) is 4.50. The number of thiophene rings is 1. The maximum Gasteiger partial charge on any atom is 0.198 e. The van der Waals surface area contributed by atoms with Crippen LogP contribution in [0.1, 0.15) is 9.75 Å². The Labute approximate surface area is 96.7 Å². The Kier molecular flexibility index (Phi) is 3.07. The predicted molar refractivity (Wildman–Crippen MR) is 53.5 cm³/mol. The predicted octanol–water partition coefficient (Wildman–Crippen LogP) is 2.44. The highest BCUT2D eigenvalue weighted by Gasteiger charge is 2.26. The summed E-state index contributed by atoms with van der Waals surface area (Å²) >= 11 is 0.705. The van der Waals surface area contributed by atoms with Crippen molar-refractivity contribution in [2.75, 3.05) is 0 Å². The molecule has 0 amide bonds. The van der Waals surface area contributed by atoms with Crippen LogP contribution in [0.2, 0.25) is 0 Å². The van der Waals surface area contributed by atoms with Crippen LogP contribution in [0.25, 0.3) is 10.8 Å². The van der Waals surface area contributed by atoms with E-state index in [4.69, 9.17) is 10.2 Å².